The fraction of sp³-hybridized carbons (Fsp3) is 0.565. The van der Waals surface area contributed by atoms with E-state index in [-0.39, 0.29) is 11.6 Å². The molecule has 0 saturated carbocycles. The Kier molecular flexibility index (Phi) is 5.38. The van der Waals surface area contributed by atoms with Crippen molar-refractivity contribution >= 4 is 29.4 Å². The van der Waals surface area contributed by atoms with Crippen LogP contribution in [0, 0.1) is 6.92 Å². The van der Waals surface area contributed by atoms with Crippen LogP contribution in [0.15, 0.2) is 23.4 Å². The summed E-state index contributed by atoms with van der Waals surface area (Å²) in [5, 5.41) is 3.88. The number of rotatable bonds is 2. The number of hydrogen-bond acceptors (Lipinski definition) is 7. The van der Waals surface area contributed by atoms with E-state index in [0.717, 1.165) is 11.1 Å². The molecular weight excluding hydrogens is 414 g/mol. The van der Waals surface area contributed by atoms with Crippen molar-refractivity contribution in [3.05, 3.63) is 29.3 Å². The molecule has 4 rings (SSSR count). The van der Waals surface area contributed by atoms with E-state index in [1.807, 2.05) is 25.1 Å². The van der Waals surface area contributed by atoms with Crippen molar-refractivity contribution in [1.29, 1.82) is 0 Å². The van der Waals surface area contributed by atoms with E-state index in [2.05, 4.69) is 5.16 Å². The molecule has 1 spiro atoms. The summed E-state index contributed by atoms with van der Waals surface area (Å²) in [6.45, 7) is 8.13. The number of carbonyl (C=O) groups is 3. The van der Waals surface area contributed by atoms with Crippen molar-refractivity contribution < 1.29 is 28.7 Å². The first-order chi connectivity index (χ1) is 15.0. The summed E-state index contributed by atoms with van der Waals surface area (Å²) in [6.07, 6.45) is 0.730. The van der Waals surface area contributed by atoms with Crippen molar-refractivity contribution in [3.63, 3.8) is 0 Å². The van der Waals surface area contributed by atoms with Crippen molar-refractivity contribution in [2.24, 2.45) is 5.16 Å². The molecule has 32 heavy (non-hydrogen) atoms. The van der Waals surface area contributed by atoms with Crippen LogP contribution in [-0.4, -0.2) is 66.0 Å². The molecule has 3 aliphatic heterocycles. The number of benzene rings is 1. The molecule has 2 unspecified atom stereocenters. The van der Waals surface area contributed by atoms with Gasteiger partial charge < -0.3 is 19.2 Å². The van der Waals surface area contributed by atoms with Gasteiger partial charge in [-0.05, 0) is 44.9 Å². The molecule has 0 bridgehead atoms. The lowest BCUT2D eigenvalue weighted by molar-refractivity contribution is -0.133. The predicted molar refractivity (Wildman–Crippen MR) is 116 cm³/mol. The number of anilines is 1. The molecule has 1 aromatic rings. The lowest BCUT2D eigenvalue weighted by Crippen LogP contribution is -2.51. The summed E-state index contributed by atoms with van der Waals surface area (Å²) in [5.74, 6) is -0.692. The Hall–Kier alpha value is -3.10. The Morgan fingerprint density at radius 3 is 2.69 bits per heavy atom. The number of carbonyl (C=O) groups excluding carboxylic acids is 3. The summed E-state index contributed by atoms with van der Waals surface area (Å²) in [6, 6.07) is 5.00. The van der Waals surface area contributed by atoms with Gasteiger partial charge in [0.1, 0.15) is 11.6 Å². The quantitative estimate of drug-likeness (QED) is 0.652. The molecule has 1 fully saturated rings. The van der Waals surface area contributed by atoms with Gasteiger partial charge in [0.25, 0.3) is 0 Å². The van der Waals surface area contributed by atoms with Crippen molar-refractivity contribution in [2.75, 3.05) is 25.1 Å². The minimum Gasteiger partial charge on any atom is -0.464 e. The second kappa shape index (κ2) is 7.79. The number of aryl methyl sites for hydroxylation is 1. The summed E-state index contributed by atoms with van der Waals surface area (Å²) in [4.78, 5) is 47.3. The zero-order valence-corrected chi connectivity index (χ0v) is 19.1. The molecule has 172 valence electrons. The molecule has 0 aliphatic carbocycles. The van der Waals surface area contributed by atoms with Gasteiger partial charge >= 0.3 is 12.1 Å². The number of nitrogens with zero attached hydrogens (tertiary/aromatic N) is 3. The maximum Gasteiger partial charge on any atom is 0.415 e. The Labute approximate surface area is 187 Å². The van der Waals surface area contributed by atoms with Crippen LogP contribution in [0.4, 0.5) is 10.5 Å². The van der Waals surface area contributed by atoms with Crippen LogP contribution in [-0.2, 0) is 30.3 Å². The van der Waals surface area contributed by atoms with Crippen LogP contribution >= 0.6 is 0 Å². The average molecular weight is 444 g/mol. The van der Waals surface area contributed by atoms with Gasteiger partial charge in [0.15, 0.2) is 11.3 Å². The van der Waals surface area contributed by atoms with Crippen LogP contribution in [0.2, 0.25) is 0 Å². The highest BCUT2D eigenvalue weighted by atomic mass is 16.7. The molecule has 9 nitrogen and oxygen atoms in total. The molecule has 2 atom stereocenters. The number of ether oxygens (including phenoxy) is 2. The highest BCUT2D eigenvalue weighted by molar-refractivity contribution is 6.36. The number of oxime groups is 1. The van der Waals surface area contributed by atoms with Crippen LogP contribution in [0.25, 0.3) is 0 Å². The Morgan fingerprint density at radius 1 is 1.25 bits per heavy atom. The largest absolute Gasteiger partial charge is 0.464 e. The van der Waals surface area contributed by atoms with Gasteiger partial charge in [-0.2, -0.15) is 0 Å². The van der Waals surface area contributed by atoms with E-state index in [0.29, 0.717) is 38.0 Å². The van der Waals surface area contributed by atoms with E-state index in [1.54, 1.807) is 25.7 Å². The van der Waals surface area contributed by atoms with Gasteiger partial charge in [-0.25, -0.2) is 9.59 Å². The fourth-order valence-electron chi connectivity index (χ4n) is 4.58. The number of amides is 2. The normalized spacial score (nSPS) is 24.3. The van der Waals surface area contributed by atoms with E-state index < -0.39 is 29.3 Å². The number of esters is 1. The first-order valence-electron chi connectivity index (χ1n) is 10.8. The SMILES string of the molecule is COC(=O)C1=NOC2(CCN(C(=O)C3Cc4c(C)cccc4N3C(=O)OC(C)(C)C)C2)C1. The van der Waals surface area contributed by atoms with E-state index in [4.69, 9.17) is 14.3 Å². The third kappa shape index (κ3) is 3.91. The Morgan fingerprint density at radius 2 is 2.00 bits per heavy atom. The molecule has 1 aromatic carbocycles. The monoisotopic (exact) mass is 443 g/mol. The number of likely N-dealkylation sites (tertiary alicyclic amines) is 1. The topological polar surface area (TPSA) is 97.7 Å². The Balaban J connectivity index is 1.55. The first kappa shape index (κ1) is 22.1. The molecule has 0 aromatic heterocycles. The summed E-state index contributed by atoms with van der Waals surface area (Å²) in [5.41, 5.74) is 1.52. The zero-order valence-electron chi connectivity index (χ0n) is 19.1. The van der Waals surface area contributed by atoms with Crippen molar-refractivity contribution in [2.45, 2.75) is 64.2 Å². The van der Waals surface area contributed by atoms with Gasteiger partial charge in [0.2, 0.25) is 5.91 Å². The highest BCUT2D eigenvalue weighted by Gasteiger charge is 2.51. The standard InChI is InChI=1S/C23H29N3O6/c1-14-7-6-8-17-15(14)11-18(26(17)21(29)31-22(2,3)4)19(27)25-10-9-23(13-25)12-16(24-32-23)20(28)30-5/h6-8,18H,9-13H2,1-5H3. The minimum absolute atomic E-state index is 0.168. The van der Waals surface area contributed by atoms with Gasteiger partial charge in [-0.1, -0.05) is 17.3 Å². The highest BCUT2D eigenvalue weighted by Crippen LogP contribution is 2.39. The smallest absolute Gasteiger partial charge is 0.415 e. The maximum atomic E-state index is 13.6. The van der Waals surface area contributed by atoms with Gasteiger partial charge in [0, 0.05) is 25.8 Å². The van der Waals surface area contributed by atoms with E-state index in [1.165, 1.54) is 12.0 Å². The molecule has 0 N–H and O–H groups in total. The molecule has 0 radical (unpaired) electrons. The van der Waals surface area contributed by atoms with Gasteiger partial charge in [-0.15, -0.1) is 0 Å². The number of methoxy groups -OCH3 is 1. The summed E-state index contributed by atoms with van der Waals surface area (Å²) in [7, 11) is 1.30. The fourth-order valence-corrected chi connectivity index (χ4v) is 4.58. The van der Waals surface area contributed by atoms with Crippen LogP contribution in [0.1, 0.15) is 44.7 Å². The van der Waals surface area contributed by atoms with Crippen LogP contribution in [0.5, 0.6) is 0 Å². The number of hydrogen-bond donors (Lipinski definition) is 0. The second-order valence-corrected chi connectivity index (χ2v) is 9.63. The summed E-state index contributed by atoms with van der Waals surface area (Å²) < 4.78 is 10.4. The molecule has 3 heterocycles. The van der Waals surface area contributed by atoms with Crippen molar-refractivity contribution in [3.8, 4) is 0 Å². The van der Waals surface area contributed by atoms with Gasteiger partial charge in [-0.3, -0.25) is 9.69 Å². The van der Waals surface area contributed by atoms with Crippen LogP contribution in [0.3, 0.4) is 0 Å². The molecular formula is C23H29N3O6. The third-order valence-electron chi connectivity index (χ3n) is 6.12. The second-order valence-electron chi connectivity index (χ2n) is 9.63. The van der Waals surface area contributed by atoms with E-state index >= 15 is 0 Å². The van der Waals surface area contributed by atoms with Gasteiger partial charge in [0.05, 0.1) is 19.3 Å². The predicted octanol–water partition coefficient (Wildman–Crippen LogP) is 2.58. The molecule has 3 aliphatic rings. The minimum atomic E-state index is -0.725. The first-order valence-corrected chi connectivity index (χ1v) is 10.8. The molecule has 2 amide bonds. The lowest BCUT2D eigenvalue weighted by atomic mass is 9.96. The van der Waals surface area contributed by atoms with Crippen molar-refractivity contribution in [1.82, 2.24) is 4.90 Å². The zero-order chi connectivity index (χ0) is 23.3. The summed E-state index contributed by atoms with van der Waals surface area (Å²) >= 11 is 0. The van der Waals surface area contributed by atoms with Crippen LogP contribution < -0.4 is 4.90 Å². The average Bonchev–Trinajstić information content (AvgIpc) is 3.43. The maximum absolute atomic E-state index is 13.6. The van der Waals surface area contributed by atoms with E-state index in [9.17, 15) is 14.4 Å². The lowest BCUT2D eigenvalue weighted by Gasteiger charge is -2.31. The number of fused-ring (bicyclic) bond motifs is 1. The molecule has 9 heteroatoms. The molecule has 1 saturated heterocycles. The third-order valence-corrected chi connectivity index (χ3v) is 6.12. The Bertz CT molecular complexity index is 998.